The number of hydrogen-bond acceptors (Lipinski definition) is 4. The lowest BCUT2D eigenvalue weighted by atomic mass is 10.2. The van der Waals surface area contributed by atoms with Crippen LogP contribution in [-0.4, -0.2) is 33.7 Å². The van der Waals surface area contributed by atoms with E-state index in [9.17, 15) is 14.4 Å². The third-order valence-corrected chi connectivity index (χ3v) is 3.75. The van der Waals surface area contributed by atoms with Gasteiger partial charge in [-0.05, 0) is 35.5 Å². The molecular weight excluding hydrogens is 302 g/mol. The highest BCUT2D eigenvalue weighted by molar-refractivity contribution is 8.18. The van der Waals surface area contributed by atoms with Gasteiger partial charge in [0.15, 0.2) is 0 Å². The Kier molecular flexibility index (Phi) is 4.46. The Balaban J connectivity index is 2.14. The second-order valence-electron chi connectivity index (χ2n) is 4.03. The fourth-order valence-corrected chi connectivity index (χ4v) is 2.60. The topological polar surface area (TPSA) is 74.7 Å². The van der Waals surface area contributed by atoms with Crippen molar-refractivity contribution in [3.63, 3.8) is 0 Å². The Labute approximate surface area is 124 Å². The molecule has 2 amide bonds. The number of carboxylic acid groups (broad SMARTS) is 1. The average molecular weight is 312 g/mol. The molecule has 104 valence electrons. The summed E-state index contributed by atoms with van der Waals surface area (Å²) in [6.45, 7) is -0.113. The summed E-state index contributed by atoms with van der Waals surface area (Å²) in [6, 6.07) is 6.82. The molecule has 1 fully saturated rings. The first kappa shape index (κ1) is 14.6. The maximum atomic E-state index is 12.0. The van der Waals surface area contributed by atoms with Gasteiger partial charge in [-0.25, -0.2) is 0 Å². The number of rotatable bonds is 4. The van der Waals surface area contributed by atoms with Crippen molar-refractivity contribution in [2.75, 3.05) is 6.54 Å². The van der Waals surface area contributed by atoms with Crippen molar-refractivity contribution in [3.05, 3.63) is 39.8 Å². The number of benzene rings is 1. The minimum atomic E-state index is -1.05. The zero-order valence-corrected chi connectivity index (χ0v) is 11.8. The van der Waals surface area contributed by atoms with Crippen LogP contribution in [0.25, 0.3) is 6.08 Å². The Bertz CT molecular complexity index is 597. The van der Waals surface area contributed by atoms with E-state index in [4.69, 9.17) is 16.7 Å². The molecule has 0 spiro atoms. The van der Waals surface area contributed by atoms with Crippen molar-refractivity contribution in [2.24, 2.45) is 0 Å². The Morgan fingerprint density at radius 1 is 1.30 bits per heavy atom. The van der Waals surface area contributed by atoms with Crippen molar-refractivity contribution >= 4 is 46.6 Å². The van der Waals surface area contributed by atoms with Gasteiger partial charge in [-0.3, -0.25) is 19.3 Å². The number of aliphatic carboxylic acids is 1. The maximum absolute atomic E-state index is 12.0. The van der Waals surface area contributed by atoms with Crippen LogP contribution >= 0.6 is 23.4 Å². The van der Waals surface area contributed by atoms with Crippen LogP contribution < -0.4 is 0 Å². The molecule has 0 bridgehead atoms. The molecule has 1 aliphatic heterocycles. The van der Waals surface area contributed by atoms with Gasteiger partial charge in [-0.1, -0.05) is 23.7 Å². The van der Waals surface area contributed by atoms with E-state index < -0.39 is 17.1 Å². The van der Waals surface area contributed by atoms with Crippen LogP contribution in [0.1, 0.15) is 12.0 Å². The number of carboxylic acids is 1. The van der Waals surface area contributed by atoms with Gasteiger partial charge in [0.25, 0.3) is 11.1 Å². The second kappa shape index (κ2) is 6.11. The van der Waals surface area contributed by atoms with Crippen LogP contribution in [0.5, 0.6) is 0 Å². The lowest BCUT2D eigenvalue weighted by Crippen LogP contribution is -2.30. The van der Waals surface area contributed by atoms with Crippen LogP contribution in [0, 0.1) is 0 Å². The van der Waals surface area contributed by atoms with E-state index in [2.05, 4.69) is 0 Å². The van der Waals surface area contributed by atoms with E-state index in [0.717, 1.165) is 22.2 Å². The van der Waals surface area contributed by atoms with Gasteiger partial charge in [0.2, 0.25) is 0 Å². The fourth-order valence-electron chi connectivity index (χ4n) is 1.61. The molecule has 0 aliphatic carbocycles. The molecule has 0 atom stereocenters. The molecule has 5 nitrogen and oxygen atoms in total. The molecule has 1 saturated heterocycles. The predicted octanol–water partition coefficient (Wildman–Crippen LogP) is 2.85. The highest BCUT2D eigenvalue weighted by Gasteiger charge is 2.34. The molecule has 1 aliphatic rings. The smallest absolute Gasteiger partial charge is 0.305 e. The first-order valence-electron chi connectivity index (χ1n) is 5.70. The Morgan fingerprint density at radius 2 is 1.95 bits per heavy atom. The maximum Gasteiger partial charge on any atom is 0.305 e. The lowest BCUT2D eigenvalue weighted by molar-refractivity contribution is -0.137. The van der Waals surface area contributed by atoms with E-state index in [1.165, 1.54) is 0 Å². The number of nitrogens with zero attached hydrogens (tertiary/aromatic N) is 1. The molecule has 1 heterocycles. The van der Waals surface area contributed by atoms with Crippen molar-refractivity contribution in [1.82, 2.24) is 4.90 Å². The van der Waals surface area contributed by atoms with Crippen molar-refractivity contribution < 1.29 is 19.5 Å². The molecule has 1 aromatic rings. The first-order chi connectivity index (χ1) is 9.47. The number of halogens is 1. The second-order valence-corrected chi connectivity index (χ2v) is 5.46. The van der Waals surface area contributed by atoms with Gasteiger partial charge in [-0.15, -0.1) is 0 Å². The molecule has 20 heavy (non-hydrogen) atoms. The SMILES string of the molecule is O=C(O)CCN1C(=O)S/C(=C\c2ccc(Cl)cc2)C1=O. The average Bonchev–Trinajstić information content (AvgIpc) is 2.65. The lowest BCUT2D eigenvalue weighted by Gasteiger charge is -2.09. The molecule has 0 aromatic heterocycles. The van der Waals surface area contributed by atoms with E-state index in [-0.39, 0.29) is 17.9 Å². The van der Waals surface area contributed by atoms with Crippen molar-refractivity contribution in [3.8, 4) is 0 Å². The van der Waals surface area contributed by atoms with Gasteiger partial charge in [0, 0.05) is 11.6 Å². The van der Waals surface area contributed by atoms with E-state index in [0.29, 0.717) is 5.02 Å². The van der Waals surface area contributed by atoms with Gasteiger partial charge < -0.3 is 5.11 Å². The largest absolute Gasteiger partial charge is 0.481 e. The van der Waals surface area contributed by atoms with Crippen molar-refractivity contribution in [1.29, 1.82) is 0 Å². The van der Waals surface area contributed by atoms with Crippen molar-refractivity contribution in [2.45, 2.75) is 6.42 Å². The van der Waals surface area contributed by atoms with E-state index >= 15 is 0 Å². The Hall–Kier alpha value is -1.79. The monoisotopic (exact) mass is 311 g/mol. The molecule has 7 heteroatoms. The number of hydrogen-bond donors (Lipinski definition) is 1. The third kappa shape index (κ3) is 3.40. The third-order valence-electron chi connectivity index (χ3n) is 2.59. The van der Waals surface area contributed by atoms with Crippen LogP contribution in [0.15, 0.2) is 29.2 Å². The van der Waals surface area contributed by atoms with Gasteiger partial charge in [-0.2, -0.15) is 0 Å². The summed E-state index contributed by atoms with van der Waals surface area (Å²) in [5.41, 5.74) is 0.748. The molecule has 0 unspecified atom stereocenters. The molecule has 2 rings (SSSR count). The number of carbonyl (C=O) groups excluding carboxylic acids is 2. The summed E-state index contributed by atoms with van der Waals surface area (Å²) in [6.07, 6.45) is 1.33. The summed E-state index contributed by atoms with van der Waals surface area (Å²) in [5, 5.41) is 8.72. The first-order valence-corrected chi connectivity index (χ1v) is 6.89. The molecule has 0 saturated carbocycles. The minimum absolute atomic E-state index is 0.113. The van der Waals surface area contributed by atoms with E-state index in [1.54, 1.807) is 30.3 Å². The van der Waals surface area contributed by atoms with Crippen LogP contribution in [0.4, 0.5) is 4.79 Å². The summed E-state index contributed by atoms with van der Waals surface area (Å²) in [4.78, 5) is 35.4. The number of thioether (sulfide) groups is 1. The summed E-state index contributed by atoms with van der Waals surface area (Å²) in [7, 11) is 0. The van der Waals surface area contributed by atoms with Crippen LogP contribution in [-0.2, 0) is 9.59 Å². The standard InChI is InChI=1S/C13H10ClNO4S/c14-9-3-1-8(2-4-9)7-10-12(18)15(13(19)20-10)6-5-11(16)17/h1-4,7H,5-6H2,(H,16,17)/b10-7-. The highest BCUT2D eigenvalue weighted by atomic mass is 35.5. The Morgan fingerprint density at radius 3 is 2.55 bits per heavy atom. The fraction of sp³-hybridized carbons (Fsp3) is 0.154. The van der Waals surface area contributed by atoms with Crippen LogP contribution in [0.3, 0.4) is 0 Å². The quantitative estimate of drug-likeness (QED) is 0.865. The summed E-state index contributed by atoms with van der Waals surface area (Å²) in [5.74, 6) is -1.51. The van der Waals surface area contributed by atoms with Gasteiger partial charge >= 0.3 is 5.97 Å². The highest BCUT2D eigenvalue weighted by Crippen LogP contribution is 2.32. The molecule has 1 aromatic carbocycles. The summed E-state index contributed by atoms with van der Waals surface area (Å²) >= 11 is 6.57. The molecule has 1 N–H and O–H groups in total. The number of amides is 2. The normalized spacial score (nSPS) is 17.1. The predicted molar refractivity (Wildman–Crippen MR) is 76.4 cm³/mol. The summed E-state index contributed by atoms with van der Waals surface area (Å²) < 4.78 is 0. The van der Waals surface area contributed by atoms with Gasteiger partial charge in [0.05, 0.1) is 11.3 Å². The molecule has 0 radical (unpaired) electrons. The number of carbonyl (C=O) groups is 3. The minimum Gasteiger partial charge on any atom is -0.481 e. The van der Waals surface area contributed by atoms with Gasteiger partial charge in [0.1, 0.15) is 0 Å². The zero-order chi connectivity index (χ0) is 14.7. The number of imide groups is 1. The van der Waals surface area contributed by atoms with Crippen LogP contribution in [0.2, 0.25) is 5.02 Å². The molecular formula is C13H10ClNO4S. The van der Waals surface area contributed by atoms with E-state index in [1.807, 2.05) is 0 Å². The zero-order valence-electron chi connectivity index (χ0n) is 10.2.